The summed E-state index contributed by atoms with van der Waals surface area (Å²) in [6, 6.07) is 3.06. The van der Waals surface area contributed by atoms with Gasteiger partial charge in [-0.1, -0.05) is 19.9 Å². The van der Waals surface area contributed by atoms with Crippen molar-refractivity contribution in [2.75, 3.05) is 0 Å². The van der Waals surface area contributed by atoms with E-state index in [0.717, 1.165) is 11.3 Å². The van der Waals surface area contributed by atoms with Crippen molar-refractivity contribution in [3.05, 3.63) is 17.0 Å². The van der Waals surface area contributed by atoms with E-state index in [2.05, 4.69) is 0 Å². The largest absolute Gasteiger partial charge is 0.499 e. The molecule has 1 rings (SSSR count). The predicted octanol–water partition coefficient (Wildman–Crippen LogP) is 0.267. The van der Waals surface area contributed by atoms with Crippen LogP contribution in [0, 0.1) is 0 Å². The number of thiophene rings is 1. The molecule has 0 unspecified atom stereocenters. The highest BCUT2D eigenvalue weighted by Gasteiger charge is 2.12. The Hall–Kier alpha value is -0.645. The van der Waals surface area contributed by atoms with Crippen molar-refractivity contribution in [2.45, 2.75) is 13.8 Å². The van der Waals surface area contributed by atoms with Crippen LogP contribution in [0.5, 0.6) is 0 Å². The van der Waals surface area contributed by atoms with Crippen LogP contribution in [0.15, 0.2) is 12.1 Å². The molecular formula is C7H11BO3S. The van der Waals surface area contributed by atoms with Gasteiger partial charge < -0.3 is 10.0 Å². The Balaban J connectivity index is 0.000000561. The molecule has 0 fully saturated rings. The van der Waals surface area contributed by atoms with Crippen molar-refractivity contribution >= 4 is 29.5 Å². The van der Waals surface area contributed by atoms with Crippen LogP contribution in [0.2, 0.25) is 0 Å². The smallest absolute Gasteiger partial charge is 0.423 e. The van der Waals surface area contributed by atoms with E-state index in [9.17, 15) is 4.79 Å². The van der Waals surface area contributed by atoms with Crippen molar-refractivity contribution in [2.24, 2.45) is 0 Å². The quantitative estimate of drug-likeness (QED) is 0.514. The Labute approximate surface area is 75.8 Å². The second kappa shape index (κ2) is 5.94. The van der Waals surface area contributed by atoms with Gasteiger partial charge in [0.1, 0.15) is 0 Å². The molecule has 66 valence electrons. The predicted molar refractivity (Wildman–Crippen MR) is 50.9 cm³/mol. The fraction of sp³-hybridized carbons (Fsp3) is 0.286. The number of carbonyl (C=O) groups excluding carboxylic acids is 1. The number of rotatable bonds is 2. The van der Waals surface area contributed by atoms with E-state index >= 15 is 0 Å². The highest BCUT2D eigenvalue weighted by atomic mass is 32.1. The lowest BCUT2D eigenvalue weighted by molar-refractivity contribution is 0.112. The molecule has 0 atom stereocenters. The van der Waals surface area contributed by atoms with Crippen LogP contribution in [-0.2, 0) is 0 Å². The van der Waals surface area contributed by atoms with Crippen LogP contribution in [0.3, 0.4) is 0 Å². The standard InChI is InChI=1S/C5H5BO3S.C2H6/c7-3-4-1-2-5(10-4)6(8)9;1-2/h1-3,8-9H;1-2H3. The summed E-state index contributed by atoms with van der Waals surface area (Å²) in [6.07, 6.45) is 0.677. The van der Waals surface area contributed by atoms with Gasteiger partial charge in [0.25, 0.3) is 0 Å². The monoisotopic (exact) mass is 186 g/mol. The van der Waals surface area contributed by atoms with E-state index in [-0.39, 0.29) is 0 Å². The molecule has 0 aliphatic carbocycles. The van der Waals surface area contributed by atoms with E-state index in [0.29, 0.717) is 15.9 Å². The van der Waals surface area contributed by atoms with Gasteiger partial charge in [-0.3, -0.25) is 4.79 Å². The molecule has 5 heteroatoms. The molecule has 0 aliphatic heterocycles. The molecule has 2 N–H and O–H groups in total. The van der Waals surface area contributed by atoms with E-state index in [1.807, 2.05) is 13.8 Å². The molecule has 0 aromatic carbocycles. The average Bonchev–Trinajstić information content (AvgIpc) is 2.55. The molecule has 0 saturated heterocycles. The summed E-state index contributed by atoms with van der Waals surface area (Å²) < 4.78 is 0.391. The van der Waals surface area contributed by atoms with Gasteiger partial charge in [-0.05, 0) is 6.07 Å². The van der Waals surface area contributed by atoms with Gasteiger partial charge in [0, 0.05) is 4.78 Å². The summed E-state index contributed by atoms with van der Waals surface area (Å²) in [6.45, 7) is 4.00. The summed E-state index contributed by atoms with van der Waals surface area (Å²) in [4.78, 5) is 10.6. The summed E-state index contributed by atoms with van der Waals surface area (Å²) in [5, 5.41) is 17.2. The number of aldehydes is 1. The van der Waals surface area contributed by atoms with Gasteiger partial charge in [-0.25, -0.2) is 0 Å². The molecule has 12 heavy (non-hydrogen) atoms. The molecule has 0 saturated carbocycles. The Morgan fingerprint density at radius 1 is 1.42 bits per heavy atom. The van der Waals surface area contributed by atoms with Crippen molar-refractivity contribution in [1.29, 1.82) is 0 Å². The van der Waals surface area contributed by atoms with E-state index in [4.69, 9.17) is 10.0 Å². The van der Waals surface area contributed by atoms with Gasteiger partial charge in [-0.15, -0.1) is 11.3 Å². The molecule has 0 amide bonds. The lowest BCUT2D eigenvalue weighted by Crippen LogP contribution is -2.26. The lowest BCUT2D eigenvalue weighted by Gasteiger charge is -1.87. The van der Waals surface area contributed by atoms with Gasteiger partial charge in [0.15, 0.2) is 6.29 Å². The molecule has 0 aliphatic rings. The number of hydrogen-bond donors (Lipinski definition) is 2. The van der Waals surface area contributed by atoms with Gasteiger partial charge >= 0.3 is 7.12 Å². The maximum Gasteiger partial charge on any atom is 0.499 e. The van der Waals surface area contributed by atoms with Crippen molar-refractivity contribution < 1.29 is 14.8 Å². The minimum Gasteiger partial charge on any atom is -0.423 e. The number of hydrogen-bond acceptors (Lipinski definition) is 4. The molecule has 0 spiro atoms. The first-order valence-electron chi connectivity index (χ1n) is 3.65. The third kappa shape index (κ3) is 3.17. The van der Waals surface area contributed by atoms with Crippen molar-refractivity contribution in [1.82, 2.24) is 0 Å². The average molecular weight is 186 g/mol. The first-order valence-corrected chi connectivity index (χ1v) is 4.46. The first kappa shape index (κ1) is 11.4. The summed E-state index contributed by atoms with van der Waals surface area (Å²) in [5.41, 5.74) is 0. The van der Waals surface area contributed by atoms with Gasteiger partial charge in [0.2, 0.25) is 0 Å². The molecular weight excluding hydrogens is 175 g/mol. The Kier molecular flexibility index (Phi) is 5.62. The van der Waals surface area contributed by atoms with Crippen molar-refractivity contribution in [3.63, 3.8) is 0 Å². The van der Waals surface area contributed by atoms with Crippen LogP contribution >= 0.6 is 11.3 Å². The zero-order chi connectivity index (χ0) is 9.56. The third-order valence-corrected chi connectivity index (χ3v) is 2.07. The molecule has 1 heterocycles. The second-order valence-corrected chi connectivity index (χ2v) is 2.88. The maximum absolute atomic E-state index is 10.1. The van der Waals surface area contributed by atoms with Crippen LogP contribution in [-0.4, -0.2) is 23.5 Å². The highest BCUT2D eigenvalue weighted by Crippen LogP contribution is 2.02. The summed E-state index contributed by atoms with van der Waals surface area (Å²) >= 11 is 1.07. The minimum atomic E-state index is -1.46. The second-order valence-electron chi connectivity index (χ2n) is 1.73. The molecule has 3 nitrogen and oxygen atoms in total. The lowest BCUT2D eigenvalue weighted by atomic mass is 9.90. The SMILES string of the molecule is CC.O=Cc1ccc(B(O)O)s1. The molecule has 0 bridgehead atoms. The fourth-order valence-electron chi connectivity index (χ4n) is 0.571. The van der Waals surface area contributed by atoms with Gasteiger partial charge in [-0.2, -0.15) is 0 Å². The molecule has 0 radical (unpaired) electrons. The molecule has 1 aromatic rings. The van der Waals surface area contributed by atoms with Crippen LogP contribution in [0.25, 0.3) is 0 Å². The van der Waals surface area contributed by atoms with E-state index in [1.165, 1.54) is 6.07 Å². The zero-order valence-corrected chi connectivity index (χ0v) is 7.84. The third-order valence-electron chi connectivity index (χ3n) is 1.02. The summed E-state index contributed by atoms with van der Waals surface area (Å²) in [7, 11) is -1.46. The van der Waals surface area contributed by atoms with E-state index < -0.39 is 7.12 Å². The van der Waals surface area contributed by atoms with Crippen LogP contribution < -0.4 is 4.78 Å². The maximum atomic E-state index is 10.1. The minimum absolute atomic E-state index is 0.391. The Morgan fingerprint density at radius 2 is 2.00 bits per heavy atom. The normalized spacial score (nSPS) is 8.33. The van der Waals surface area contributed by atoms with Crippen LogP contribution in [0.1, 0.15) is 23.5 Å². The van der Waals surface area contributed by atoms with Gasteiger partial charge in [0.05, 0.1) is 4.88 Å². The fourth-order valence-corrected chi connectivity index (χ4v) is 1.27. The van der Waals surface area contributed by atoms with Crippen LogP contribution in [0.4, 0.5) is 0 Å². The topological polar surface area (TPSA) is 57.5 Å². The summed E-state index contributed by atoms with van der Waals surface area (Å²) in [5.74, 6) is 0. The first-order chi connectivity index (χ1) is 5.74. The van der Waals surface area contributed by atoms with Crippen molar-refractivity contribution in [3.8, 4) is 0 Å². The zero-order valence-electron chi connectivity index (χ0n) is 7.02. The number of carbonyl (C=O) groups is 1. The Morgan fingerprint density at radius 3 is 2.25 bits per heavy atom. The highest BCUT2D eigenvalue weighted by molar-refractivity contribution is 7.23. The Bertz CT molecular complexity index is 234. The molecule has 1 aromatic heterocycles. The van der Waals surface area contributed by atoms with E-state index in [1.54, 1.807) is 6.07 Å².